The summed E-state index contributed by atoms with van der Waals surface area (Å²) in [6.45, 7) is 17.8. The molecule has 7 atom stereocenters. The van der Waals surface area contributed by atoms with Crippen LogP contribution in [0.2, 0.25) is 0 Å². The van der Waals surface area contributed by atoms with Gasteiger partial charge < -0.3 is 10.2 Å². The predicted molar refractivity (Wildman–Crippen MR) is 137 cm³/mol. The first-order valence-electron chi connectivity index (χ1n) is 13.3. The summed E-state index contributed by atoms with van der Waals surface area (Å²) >= 11 is 0. The zero-order chi connectivity index (χ0) is 25.5. The van der Waals surface area contributed by atoms with E-state index in [-0.39, 0.29) is 22.7 Å². The van der Waals surface area contributed by atoms with Crippen molar-refractivity contribution in [2.24, 2.45) is 39.9 Å². The van der Waals surface area contributed by atoms with Gasteiger partial charge in [-0.1, -0.05) is 57.6 Å². The molecule has 3 aliphatic rings. The van der Waals surface area contributed by atoms with Crippen LogP contribution in [0.1, 0.15) is 99.3 Å². The minimum Gasteiger partial charge on any atom is -0.481 e. The number of carbonyl (C=O) groups is 2. The lowest BCUT2D eigenvalue weighted by Gasteiger charge is -2.60. The van der Waals surface area contributed by atoms with Gasteiger partial charge >= 0.3 is 11.9 Å². The number of fused-ring (bicyclic) bond motifs is 3. The predicted octanol–water partition coefficient (Wildman–Crippen LogP) is 7.66. The Bertz CT molecular complexity index is 897. The highest BCUT2D eigenvalue weighted by molar-refractivity contribution is 5.85. The van der Waals surface area contributed by atoms with Crippen LogP contribution >= 0.6 is 0 Å². The Kier molecular flexibility index (Phi) is 7.60. The summed E-state index contributed by atoms with van der Waals surface area (Å²) in [6.07, 6.45) is 12.9. The van der Waals surface area contributed by atoms with E-state index in [1.165, 1.54) is 30.4 Å². The van der Waals surface area contributed by atoms with Crippen LogP contribution in [0.4, 0.5) is 0 Å². The maximum absolute atomic E-state index is 11.5. The molecule has 0 heterocycles. The van der Waals surface area contributed by atoms with Gasteiger partial charge in [0.25, 0.3) is 0 Å². The first-order valence-corrected chi connectivity index (χ1v) is 13.3. The van der Waals surface area contributed by atoms with Crippen LogP contribution in [0.25, 0.3) is 0 Å². The molecular formula is C30H46O4. The first kappa shape index (κ1) is 26.8. The Morgan fingerprint density at radius 2 is 1.82 bits per heavy atom. The summed E-state index contributed by atoms with van der Waals surface area (Å²) in [6, 6.07) is 0. The van der Waals surface area contributed by atoms with E-state index in [0.717, 1.165) is 25.7 Å². The number of hydrogen-bond donors (Lipinski definition) is 2. The Hall–Kier alpha value is -1.84. The summed E-state index contributed by atoms with van der Waals surface area (Å²) in [4.78, 5) is 22.7. The van der Waals surface area contributed by atoms with E-state index >= 15 is 0 Å². The number of rotatable bonds is 9. The van der Waals surface area contributed by atoms with Gasteiger partial charge in [0.2, 0.25) is 0 Å². The lowest BCUT2D eigenvalue weighted by Crippen LogP contribution is -2.52. The van der Waals surface area contributed by atoms with Crippen LogP contribution in [0.3, 0.4) is 0 Å². The Balaban J connectivity index is 1.89. The van der Waals surface area contributed by atoms with E-state index in [4.69, 9.17) is 5.11 Å². The molecule has 0 aromatic carbocycles. The highest BCUT2D eigenvalue weighted by atomic mass is 16.4. The average molecular weight is 471 g/mol. The molecule has 2 N–H and O–H groups in total. The number of aliphatic carboxylic acids is 2. The molecule has 0 radical (unpaired) electrons. The van der Waals surface area contributed by atoms with E-state index in [9.17, 15) is 14.7 Å². The zero-order valence-corrected chi connectivity index (χ0v) is 22.2. The highest BCUT2D eigenvalue weighted by Gasteiger charge is 2.63. The summed E-state index contributed by atoms with van der Waals surface area (Å²) in [5.74, 6) is 0.491. The minimum atomic E-state index is -0.825. The van der Waals surface area contributed by atoms with E-state index < -0.39 is 11.9 Å². The fourth-order valence-electron chi connectivity index (χ4n) is 8.44. The number of carboxylic acids is 2. The molecule has 190 valence electrons. The van der Waals surface area contributed by atoms with E-state index in [0.29, 0.717) is 35.7 Å². The normalized spacial score (nSPS) is 38.5. The maximum atomic E-state index is 11.5. The number of carboxylic acid groups (broad SMARTS) is 2. The molecule has 0 aromatic heterocycles. The molecule has 3 rings (SSSR count). The standard InChI is InChI=1S/C30H46O4/c1-19(2)22-11-12-25-24(28(22,5)16-15-26(31)32)14-18-29(6)23(13-17-30(25,29)7)20(3)9-8-10-21(4)27(33)34/h10,14,20,22-23,25H,1,8-9,11-13,15-18H2,2-7H3,(H,31,32)(H,33,34)/b21-10-/t20-,22-,23+,25+,28-,29+,30-/m0/s1. The van der Waals surface area contributed by atoms with Gasteiger partial charge in [-0.25, -0.2) is 4.79 Å². The van der Waals surface area contributed by atoms with Gasteiger partial charge in [0.05, 0.1) is 0 Å². The smallest absolute Gasteiger partial charge is 0.330 e. The third kappa shape index (κ3) is 4.42. The SMILES string of the molecule is C=C(C)[C@@H]1CC[C@@H]2C(=CC[C@]3(C)[C@@H]([C@@H](C)CC/C=C(/C)C(=O)O)CC[C@@]23C)[C@@]1(C)CCC(=O)O. The number of hydrogen-bond acceptors (Lipinski definition) is 2. The second-order valence-corrected chi connectivity index (χ2v) is 12.4. The Labute approximate surface area is 206 Å². The van der Waals surface area contributed by atoms with Crippen LogP contribution in [-0.2, 0) is 9.59 Å². The first-order chi connectivity index (χ1) is 15.8. The largest absolute Gasteiger partial charge is 0.481 e. The monoisotopic (exact) mass is 470 g/mol. The van der Waals surface area contributed by atoms with Crippen molar-refractivity contribution < 1.29 is 19.8 Å². The maximum Gasteiger partial charge on any atom is 0.330 e. The average Bonchev–Trinajstić information content (AvgIpc) is 3.03. The van der Waals surface area contributed by atoms with Crippen molar-refractivity contribution in [1.29, 1.82) is 0 Å². The topological polar surface area (TPSA) is 74.6 Å². The Morgan fingerprint density at radius 1 is 1.15 bits per heavy atom. The molecule has 34 heavy (non-hydrogen) atoms. The molecule has 3 aliphatic carbocycles. The summed E-state index contributed by atoms with van der Waals surface area (Å²) in [5, 5.41) is 18.6. The summed E-state index contributed by atoms with van der Waals surface area (Å²) < 4.78 is 0. The lowest BCUT2D eigenvalue weighted by atomic mass is 9.44. The molecule has 0 spiro atoms. The molecular weight excluding hydrogens is 424 g/mol. The molecule has 0 aromatic rings. The fraction of sp³-hybridized carbons (Fsp3) is 0.733. The van der Waals surface area contributed by atoms with Crippen LogP contribution in [0, 0.1) is 39.9 Å². The van der Waals surface area contributed by atoms with Crippen molar-refractivity contribution in [2.75, 3.05) is 0 Å². The van der Waals surface area contributed by atoms with Crippen molar-refractivity contribution in [1.82, 2.24) is 0 Å². The molecule has 0 saturated heterocycles. The van der Waals surface area contributed by atoms with Gasteiger partial charge in [-0.2, -0.15) is 0 Å². The molecule has 4 nitrogen and oxygen atoms in total. The fourth-order valence-corrected chi connectivity index (χ4v) is 8.44. The quantitative estimate of drug-likeness (QED) is 0.268. The van der Waals surface area contributed by atoms with E-state index in [1.54, 1.807) is 6.92 Å². The molecule has 0 amide bonds. The van der Waals surface area contributed by atoms with Gasteiger partial charge in [-0.05, 0) is 105 Å². The van der Waals surface area contributed by atoms with Crippen LogP contribution in [0.15, 0.2) is 35.5 Å². The van der Waals surface area contributed by atoms with Gasteiger partial charge in [-0.3, -0.25) is 4.79 Å². The second-order valence-electron chi connectivity index (χ2n) is 12.4. The van der Waals surface area contributed by atoms with Crippen molar-refractivity contribution in [3.8, 4) is 0 Å². The summed E-state index contributed by atoms with van der Waals surface area (Å²) in [5.41, 5.74) is 3.45. The summed E-state index contributed by atoms with van der Waals surface area (Å²) in [7, 11) is 0. The van der Waals surface area contributed by atoms with Crippen molar-refractivity contribution in [3.63, 3.8) is 0 Å². The minimum absolute atomic E-state index is 0.125. The third-order valence-corrected chi connectivity index (χ3v) is 10.7. The second kappa shape index (κ2) is 9.66. The molecule has 4 heteroatoms. The highest BCUT2D eigenvalue weighted by Crippen LogP contribution is 2.71. The van der Waals surface area contributed by atoms with Crippen molar-refractivity contribution >= 4 is 11.9 Å². The van der Waals surface area contributed by atoms with Crippen LogP contribution in [-0.4, -0.2) is 22.2 Å². The molecule has 0 bridgehead atoms. The van der Waals surface area contributed by atoms with Crippen LogP contribution in [0.5, 0.6) is 0 Å². The molecule has 0 unspecified atom stereocenters. The number of allylic oxidation sites excluding steroid dienone is 4. The zero-order valence-electron chi connectivity index (χ0n) is 22.2. The van der Waals surface area contributed by atoms with Gasteiger partial charge in [0, 0.05) is 12.0 Å². The lowest BCUT2D eigenvalue weighted by molar-refractivity contribution is -0.138. The van der Waals surface area contributed by atoms with Crippen LogP contribution < -0.4 is 0 Å². The molecule has 0 aliphatic heterocycles. The van der Waals surface area contributed by atoms with Gasteiger partial charge in [-0.15, -0.1) is 0 Å². The van der Waals surface area contributed by atoms with Crippen molar-refractivity contribution in [3.05, 3.63) is 35.5 Å². The van der Waals surface area contributed by atoms with Gasteiger partial charge in [0.1, 0.15) is 0 Å². The van der Waals surface area contributed by atoms with E-state index in [2.05, 4.69) is 47.3 Å². The van der Waals surface area contributed by atoms with E-state index in [1.807, 2.05) is 6.08 Å². The van der Waals surface area contributed by atoms with Crippen molar-refractivity contribution in [2.45, 2.75) is 99.3 Å². The third-order valence-electron chi connectivity index (χ3n) is 10.7. The van der Waals surface area contributed by atoms with Gasteiger partial charge in [0.15, 0.2) is 0 Å². The molecule has 2 fully saturated rings. The molecule has 2 saturated carbocycles. The Morgan fingerprint density at radius 3 is 2.41 bits per heavy atom.